The summed E-state index contributed by atoms with van der Waals surface area (Å²) in [7, 11) is 0. The van der Waals surface area contributed by atoms with Gasteiger partial charge in [-0.05, 0) is 13.8 Å². The van der Waals surface area contributed by atoms with Gasteiger partial charge in [-0.2, -0.15) is 0 Å². The summed E-state index contributed by atoms with van der Waals surface area (Å²) in [5.74, 6) is -0.375. The molecule has 0 aromatic rings. The Bertz CT molecular complexity index is 158. The summed E-state index contributed by atoms with van der Waals surface area (Å²) in [6.07, 6.45) is 0. The zero-order valence-electron chi connectivity index (χ0n) is 6.36. The van der Waals surface area contributed by atoms with E-state index in [4.69, 9.17) is 0 Å². The Morgan fingerprint density at radius 2 is 2.18 bits per heavy atom. The van der Waals surface area contributed by atoms with Crippen molar-refractivity contribution in [2.45, 2.75) is 19.1 Å². The maximum absolute atomic E-state index is 10.8. The lowest BCUT2D eigenvalue weighted by molar-refractivity contribution is -0.142. The lowest BCUT2D eigenvalue weighted by Crippen LogP contribution is -2.17. The van der Waals surface area contributed by atoms with Crippen molar-refractivity contribution < 1.29 is 14.3 Å². The molecule has 0 bridgehead atoms. The number of carbonyl (C=O) groups is 2. The van der Waals surface area contributed by atoms with Gasteiger partial charge in [-0.1, -0.05) is 24.4 Å². The molecule has 0 aliphatic carbocycles. The lowest BCUT2D eigenvalue weighted by atomic mass is 10.5. The lowest BCUT2D eigenvalue weighted by Gasteiger charge is -2.06. The van der Waals surface area contributed by atoms with Crippen LogP contribution in [0.2, 0.25) is 0 Å². The number of carbonyl (C=O) groups excluding carboxylic acids is 2. The SMILES string of the molecule is CCOC(=O)C(C)SC(=O)S. The van der Waals surface area contributed by atoms with Gasteiger partial charge >= 0.3 is 5.97 Å². The van der Waals surface area contributed by atoms with Crippen molar-refractivity contribution >= 4 is 34.8 Å². The fourth-order valence-electron chi connectivity index (χ4n) is 0.459. The third-order valence-corrected chi connectivity index (χ3v) is 1.96. The first-order valence-corrected chi connectivity index (χ1v) is 4.46. The number of ether oxygens (including phenoxy) is 1. The van der Waals surface area contributed by atoms with Crippen LogP contribution in [-0.4, -0.2) is 22.3 Å². The zero-order valence-corrected chi connectivity index (χ0v) is 8.08. The Hall–Kier alpha value is -0.160. The van der Waals surface area contributed by atoms with Crippen LogP contribution in [0.5, 0.6) is 0 Å². The van der Waals surface area contributed by atoms with Gasteiger partial charge in [0, 0.05) is 0 Å². The molecule has 0 aromatic carbocycles. The second kappa shape index (κ2) is 5.49. The largest absolute Gasteiger partial charge is 0.465 e. The monoisotopic (exact) mass is 194 g/mol. The van der Waals surface area contributed by atoms with Crippen LogP contribution in [0, 0.1) is 0 Å². The molecule has 3 nitrogen and oxygen atoms in total. The highest BCUT2D eigenvalue weighted by atomic mass is 32.2. The molecular formula is C6H10O3S2. The van der Waals surface area contributed by atoms with Crippen molar-refractivity contribution in [2.24, 2.45) is 0 Å². The number of rotatable bonds is 3. The molecule has 1 atom stereocenters. The minimum absolute atomic E-state index is 0.338. The van der Waals surface area contributed by atoms with Crippen LogP contribution in [0.4, 0.5) is 4.79 Å². The van der Waals surface area contributed by atoms with E-state index in [0.717, 1.165) is 11.8 Å². The predicted octanol–water partition coefficient (Wildman–Crippen LogP) is 1.72. The fraction of sp³-hybridized carbons (Fsp3) is 0.667. The summed E-state index contributed by atoms with van der Waals surface area (Å²) in [4.78, 5) is 21.2. The van der Waals surface area contributed by atoms with Gasteiger partial charge in [0.1, 0.15) is 5.25 Å². The highest BCUT2D eigenvalue weighted by molar-refractivity contribution is 8.32. The molecule has 0 spiro atoms. The summed E-state index contributed by atoms with van der Waals surface area (Å²) >= 11 is 4.37. The third-order valence-electron chi connectivity index (χ3n) is 0.896. The molecule has 0 aromatic heterocycles. The molecule has 0 N–H and O–H groups in total. The van der Waals surface area contributed by atoms with Crippen molar-refractivity contribution in [1.82, 2.24) is 0 Å². The molecule has 0 radical (unpaired) electrons. The molecule has 0 rings (SSSR count). The van der Waals surface area contributed by atoms with E-state index in [1.54, 1.807) is 13.8 Å². The summed E-state index contributed by atoms with van der Waals surface area (Å²) in [5.41, 5.74) is 0. The van der Waals surface area contributed by atoms with Crippen LogP contribution in [0.1, 0.15) is 13.8 Å². The maximum atomic E-state index is 10.8. The number of esters is 1. The van der Waals surface area contributed by atoms with Crippen LogP contribution >= 0.6 is 24.4 Å². The van der Waals surface area contributed by atoms with Gasteiger partial charge in [-0.15, -0.1) is 0 Å². The summed E-state index contributed by atoms with van der Waals surface area (Å²) in [6.45, 7) is 3.67. The van der Waals surface area contributed by atoms with Crippen LogP contribution < -0.4 is 0 Å². The summed E-state index contributed by atoms with van der Waals surface area (Å²) < 4.78 is 4.29. The van der Waals surface area contributed by atoms with Gasteiger partial charge in [-0.25, -0.2) is 0 Å². The molecule has 11 heavy (non-hydrogen) atoms. The Labute approximate surface area is 75.3 Å². The van der Waals surface area contributed by atoms with E-state index in [2.05, 4.69) is 17.4 Å². The van der Waals surface area contributed by atoms with Gasteiger partial charge in [0.25, 0.3) is 0 Å². The average molecular weight is 194 g/mol. The molecular weight excluding hydrogens is 184 g/mol. The predicted molar refractivity (Wildman–Crippen MR) is 48.1 cm³/mol. The van der Waals surface area contributed by atoms with E-state index in [0.29, 0.717) is 6.61 Å². The molecule has 1 unspecified atom stereocenters. The van der Waals surface area contributed by atoms with Crippen molar-refractivity contribution in [1.29, 1.82) is 0 Å². The first-order valence-electron chi connectivity index (χ1n) is 3.14. The van der Waals surface area contributed by atoms with Crippen molar-refractivity contribution in [3.05, 3.63) is 0 Å². The van der Waals surface area contributed by atoms with Crippen molar-refractivity contribution in [3.63, 3.8) is 0 Å². The van der Waals surface area contributed by atoms with Crippen molar-refractivity contribution in [2.75, 3.05) is 6.61 Å². The second-order valence-electron chi connectivity index (χ2n) is 1.78. The number of thioether (sulfide) groups is 1. The van der Waals surface area contributed by atoms with Crippen LogP contribution in [0.15, 0.2) is 0 Å². The molecule has 0 saturated heterocycles. The molecule has 0 aliphatic heterocycles. The first-order chi connectivity index (χ1) is 5.07. The molecule has 5 heteroatoms. The van der Waals surface area contributed by atoms with E-state index in [1.807, 2.05) is 0 Å². The van der Waals surface area contributed by atoms with E-state index in [9.17, 15) is 9.59 Å². The Balaban J connectivity index is 3.73. The minimum atomic E-state index is -0.458. The summed E-state index contributed by atoms with van der Waals surface area (Å²) in [5, 5.41) is -0.458. The van der Waals surface area contributed by atoms with Crippen LogP contribution in [-0.2, 0) is 9.53 Å². The quantitative estimate of drug-likeness (QED) is 0.549. The van der Waals surface area contributed by atoms with Gasteiger partial charge in [0.15, 0.2) is 0 Å². The Morgan fingerprint density at radius 1 is 1.64 bits per heavy atom. The normalized spacial score (nSPS) is 12.3. The van der Waals surface area contributed by atoms with Crippen LogP contribution in [0.25, 0.3) is 0 Å². The molecule has 0 fully saturated rings. The van der Waals surface area contributed by atoms with Gasteiger partial charge in [0.2, 0.25) is 4.45 Å². The molecule has 0 heterocycles. The standard InChI is InChI=1S/C6H10O3S2/c1-3-9-5(7)4(2)11-6(8)10/h4H,3H2,1-2H3,(H,8,10). The van der Waals surface area contributed by atoms with E-state index < -0.39 is 5.25 Å². The second-order valence-corrected chi connectivity index (χ2v) is 3.80. The van der Waals surface area contributed by atoms with E-state index in [1.165, 1.54) is 0 Å². The van der Waals surface area contributed by atoms with E-state index in [-0.39, 0.29) is 10.4 Å². The maximum Gasteiger partial charge on any atom is 0.319 e. The smallest absolute Gasteiger partial charge is 0.319 e. The molecule has 64 valence electrons. The van der Waals surface area contributed by atoms with Gasteiger partial charge in [-0.3, -0.25) is 9.59 Å². The highest BCUT2D eigenvalue weighted by Gasteiger charge is 2.16. The van der Waals surface area contributed by atoms with Crippen molar-refractivity contribution in [3.8, 4) is 0 Å². The number of hydrogen-bond donors (Lipinski definition) is 1. The third kappa shape index (κ3) is 5.15. The number of thiol groups is 1. The molecule has 0 amide bonds. The Morgan fingerprint density at radius 3 is 2.55 bits per heavy atom. The van der Waals surface area contributed by atoms with E-state index >= 15 is 0 Å². The van der Waals surface area contributed by atoms with Gasteiger partial charge in [0.05, 0.1) is 6.61 Å². The molecule has 0 aliphatic rings. The number of hydrogen-bond acceptors (Lipinski definition) is 4. The average Bonchev–Trinajstić information content (AvgIpc) is 1.86. The topological polar surface area (TPSA) is 43.4 Å². The first kappa shape index (κ1) is 10.8. The fourth-order valence-corrected chi connectivity index (χ4v) is 1.40. The van der Waals surface area contributed by atoms with Crippen LogP contribution in [0.3, 0.4) is 0 Å². The minimum Gasteiger partial charge on any atom is -0.465 e. The Kier molecular flexibility index (Phi) is 5.41. The highest BCUT2D eigenvalue weighted by Crippen LogP contribution is 2.15. The van der Waals surface area contributed by atoms with Gasteiger partial charge < -0.3 is 4.74 Å². The summed E-state index contributed by atoms with van der Waals surface area (Å²) in [6, 6.07) is 0. The zero-order chi connectivity index (χ0) is 8.85. The molecule has 0 saturated carbocycles.